The fourth-order valence-electron chi connectivity index (χ4n) is 1.15. The molecule has 7 heteroatoms. The van der Waals surface area contributed by atoms with Crippen molar-refractivity contribution in [2.75, 3.05) is 0 Å². The van der Waals surface area contributed by atoms with Crippen LogP contribution in [0.2, 0.25) is 0 Å². The Morgan fingerprint density at radius 2 is 2.24 bits per heavy atom. The summed E-state index contributed by atoms with van der Waals surface area (Å²) in [6, 6.07) is 0.723. The molecule has 1 amide bonds. The highest BCUT2D eigenvalue weighted by molar-refractivity contribution is 7.11. The SMILES string of the molecule is O=C(NCc1ncc(F)cc1F)c1cncs1. The third-order valence-electron chi connectivity index (χ3n) is 1.96. The quantitative estimate of drug-likeness (QED) is 0.909. The molecule has 0 saturated heterocycles. The van der Waals surface area contributed by atoms with E-state index in [0.717, 1.165) is 12.3 Å². The maximum Gasteiger partial charge on any atom is 0.263 e. The van der Waals surface area contributed by atoms with Crippen LogP contribution in [0.1, 0.15) is 15.4 Å². The number of carbonyl (C=O) groups is 1. The van der Waals surface area contributed by atoms with E-state index in [1.807, 2.05) is 0 Å². The highest BCUT2D eigenvalue weighted by Gasteiger charge is 2.10. The Balaban J connectivity index is 2.01. The third-order valence-corrected chi connectivity index (χ3v) is 2.73. The Morgan fingerprint density at radius 1 is 1.41 bits per heavy atom. The molecule has 0 aromatic carbocycles. The molecule has 0 fully saturated rings. The molecule has 0 saturated carbocycles. The van der Waals surface area contributed by atoms with Gasteiger partial charge < -0.3 is 5.32 Å². The number of carbonyl (C=O) groups excluding carboxylic acids is 1. The summed E-state index contributed by atoms with van der Waals surface area (Å²) in [5, 5.41) is 2.47. The summed E-state index contributed by atoms with van der Waals surface area (Å²) >= 11 is 1.18. The van der Waals surface area contributed by atoms with Crippen LogP contribution in [-0.4, -0.2) is 15.9 Å². The van der Waals surface area contributed by atoms with Crippen LogP contribution in [0.25, 0.3) is 0 Å². The van der Waals surface area contributed by atoms with Gasteiger partial charge in [-0.3, -0.25) is 14.8 Å². The first-order valence-corrected chi connectivity index (χ1v) is 5.51. The number of nitrogens with one attached hydrogen (secondary N) is 1. The van der Waals surface area contributed by atoms with Crippen LogP contribution in [0.4, 0.5) is 8.78 Å². The molecule has 0 aliphatic carbocycles. The van der Waals surface area contributed by atoms with Crippen molar-refractivity contribution in [3.8, 4) is 0 Å². The Morgan fingerprint density at radius 3 is 2.88 bits per heavy atom. The van der Waals surface area contributed by atoms with E-state index in [0.29, 0.717) is 4.88 Å². The Hall–Kier alpha value is -1.89. The van der Waals surface area contributed by atoms with Crippen molar-refractivity contribution < 1.29 is 13.6 Å². The van der Waals surface area contributed by atoms with Crippen molar-refractivity contribution in [1.29, 1.82) is 0 Å². The van der Waals surface area contributed by atoms with Gasteiger partial charge in [-0.25, -0.2) is 8.78 Å². The summed E-state index contributed by atoms with van der Waals surface area (Å²) in [6.45, 7) is -0.0944. The van der Waals surface area contributed by atoms with Gasteiger partial charge in [0.15, 0.2) is 0 Å². The molecule has 0 aliphatic heterocycles. The standard InChI is InChI=1S/C10H7F2N3OS/c11-6-1-7(12)8(14-2-6)3-15-10(16)9-4-13-5-17-9/h1-2,4-5H,3H2,(H,15,16). The second kappa shape index (κ2) is 4.96. The van der Waals surface area contributed by atoms with Crippen molar-refractivity contribution in [3.05, 3.63) is 46.2 Å². The summed E-state index contributed by atoms with van der Waals surface area (Å²) in [6.07, 6.45) is 2.31. The number of hydrogen-bond donors (Lipinski definition) is 1. The Kier molecular flexibility index (Phi) is 3.38. The molecule has 88 valence electrons. The summed E-state index contributed by atoms with van der Waals surface area (Å²) in [5.41, 5.74) is 1.51. The van der Waals surface area contributed by atoms with Gasteiger partial charge in [0.1, 0.15) is 16.5 Å². The molecule has 0 aliphatic rings. The lowest BCUT2D eigenvalue weighted by atomic mass is 10.3. The molecule has 2 heterocycles. The second-order valence-corrected chi connectivity index (χ2v) is 4.02. The van der Waals surface area contributed by atoms with Gasteiger partial charge in [-0.05, 0) is 0 Å². The van der Waals surface area contributed by atoms with E-state index in [1.54, 1.807) is 0 Å². The van der Waals surface area contributed by atoms with Crippen LogP contribution in [0.5, 0.6) is 0 Å². The Labute approximate surface area is 99.3 Å². The predicted octanol–water partition coefficient (Wildman–Crippen LogP) is 1.75. The van der Waals surface area contributed by atoms with E-state index < -0.39 is 11.6 Å². The molecule has 4 nitrogen and oxygen atoms in total. The summed E-state index contributed by atoms with van der Waals surface area (Å²) in [5.74, 6) is -1.90. The molecule has 0 bridgehead atoms. The summed E-state index contributed by atoms with van der Waals surface area (Å²) in [7, 11) is 0. The highest BCUT2D eigenvalue weighted by atomic mass is 32.1. The summed E-state index contributed by atoms with van der Waals surface area (Å²) < 4.78 is 25.8. The zero-order valence-electron chi connectivity index (χ0n) is 8.48. The molecule has 0 spiro atoms. The number of halogens is 2. The first-order chi connectivity index (χ1) is 8.16. The van der Waals surface area contributed by atoms with Crippen LogP contribution in [0.3, 0.4) is 0 Å². The van der Waals surface area contributed by atoms with Crippen LogP contribution < -0.4 is 5.32 Å². The van der Waals surface area contributed by atoms with Gasteiger partial charge >= 0.3 is 0 Å². The lowest BCUT2D eigenvalue weighted by molar-refractivity contribution is 0.0954. The van der Waals surface area contributed by atoms with E-state index in [-0.39, 0.29) is 18.1 Å². The number of aromatic nitrogens is 2. The number of hydrogen-bond acceptors (Lipinski definition) is 4. The molecule has 17 heavy (non-hydrogen) atoms. The normalized spacial score (nSPS) is 10.2. The van der Waals surface area contributed by atoms with Crippen LogP contribution in [0.15, 0.2) is 24.0 Å². The average molecular weight is 255 g/mol. The monoisotopic (exact) mass is 255 g/mol. The number of pyridine rings is 1. The molecule has 0 atom stereocenters. The third kappa shape index (κ3) is 2.82. The van der Waals surface area contributed by atoms with Gasteiger partial charge in [0.05, 0.1) is 30.1 Å². The van der Waals surface area contributed by atoms with Gasteiger partial charge in [-0.1, -0.05) is 0 Å². The second-order valence-electron chi connectivity index (χ2n) is 3.13. The lowest BCUT2D eigenvalue weighted by Crippen LogP contribution is -2.23. The van der Waals surface area contributed by atoms with Crippen molar-refractivity contribution in [2.45, 2.75) is 6.54 Å². The number of rotatable bonds is 3. The lowest BCUT2D eigenvalue weighted by Gasteiger charge is -2.03. The van der Waals surface area contributed by atoms with Crippen molar-refractivity contribution in [3.63, 3.8) is 0 Å². The first kappa shape index (κ1) is 11.6. The van der Waals surface area contributed by atoms with Crippen molar-refractivity contribution in [1.82, 2.24) is 15.3 Å². The van der Waals surface area contributed by atoms with Crippen molar-refractivity contribution >= 4 is 17.2 Å². The molecule has 2 aromatic heterocycles. The van der Waals surface area contributed by atoms with Gasteiger partial charge in [-0.15, -0.1) is 11.3 Å². The van der Waals surface area contributed by atoms with Gasteiger partial charge in [0.25, 0.3) is 5.91 Å². The molecular formula is C10H7F2N3OS. The molecule has 2 rings (SSSR count). The van der Waals surface area contributed by atoms with Gasteiger partial charge in [0.2, 0.25) is 0 Å². The first-order valence-electron chi connectivity index (χ1n) is 4.63. The van der Waals surface area contributed by atoms with E-state index >= 15 is 0 Å². The molecule has 0 unspecified atom stereocenters. The minimum atomic E-state index is -0.783. The van der Waals surface area contributed by atoms with E-state index in [9.17, 15) is 13.6 Å². The highest BCUT2D eigenvalue weighted by Crippen LogP contribution is 2.08. The number of nitrogens with zero attached hydrogens (tertiary/aromatic N) is 2. The van der Waals surface area contributed by atoms with Gasteiger partial charge in [-0.2, -0.15) is 0 Å². The zero-order valence-corrected chi connectivity index (χ0v) is 9.30. The fourth-order valence-corrected chi connectivity index (χ4v) is 1.69. The zero-order chi connectivity index (χ0) is 12.3. The van der Waals surface area contributed by atoms with E-state index in [2.05, 4.69) is 15.3 Å². The smallest absolute Gasteiger partial charge is 0.263 e. The van der Waals surface area contributed by atoms with Crippen LogP contribution in [0, 0.1) is 11.6 Å². The van der Waals surface area contributed by atoms with Gasteiger partial charge in [0, 0.05) is 6.07 Å². The molecule has 1 N–H and O–H groups in total. The van der Waals surface area contributed by atoms with Crippen LogP contribution >= 0.6 is 11.3 Å². The average Bonchev–Trinajstić information content (AvgIpc) is 2.81. The number of thiazole rings is 1. The molecule has 0 radical (unpaired) electrons. The van der Waals surface area contributed by atoms with E-state index in [1.165, 1.54) is 23.0 Å². The molecular weight excluding hydrogens is 248 g/mol. The van der Waals surface area contributed by atoms with Crippen molar-refractivity contribution in [2.24, 2.45) is 0 Å². The maximum atomic E-state index is 13.2. The maximum absolute atomic E-state index is 13.2. The fraction of sp³-hybridized carbons (Fsp3) is 0.100. The summed E-state index contributed by atoms with van der Waals surface area (Å²) in [4.78, 5) is 19.2. The topological polar surface area (TPSA) is 54.9 Å². The number of amides is 1. The molecule has 2 aromatic rings. The Bertz CT molecular complexity index is 530. The minimum absolute atomic E-state index is 0.00994. The largest absolute Gasteiger partial charge is 0.346 e. The minimum Gasteiger partial charge on any atom is -0.346 e. The van der Waals surface area contributed by atoms with E-state index in [4.69, 9.17) is 0 Å². The van der Waals surface area contributed by atoms with Crippen LogP contribution in [-0.2, 0) is 6.54 Å². The predicted molar refractivity (Wildman–Crippen MR) is 57.4 cm³/mol.